The number of rotatable bonds is 7. The molecule has 0 aliphatic heterocycles. The fourth-order valence-corrected chi connectivity index (χ4v) is 1.96. The summed E-state index contributed by atoms with van der Waals surface area (Å²) in [4.78, 5) is 37.8. The maximum Gasteiger partial charge on any atom is 0.325 e. The van der Waals surface area contributed by atoms with E-state index < -0.39 is 17.2 Å². The summed E-state index contributed by atoms with van der Waals surface area (Å²) in [5.74, 6) is 1.01. The van der Waals surface area contributed by atoms with Gasteiger partial charge in [-0.3, -0.25) is 14.6 Å². The predicted octanol–water partition coefficient (Wildman–Crippen LogP) is -1.09. The topological polar surface area (TPSA) is 115 Å². The Morgan fingerprint density at radius 3 is 2.83 bits per heavy atom. The molecule has 0 saturated heterocycles. The smallest absolute Gasteiger partial charge is 0.325 e. The maximum atomic E-state index is 11.6. The van der Waals surface area contributed by atoms with Crippen LogP contribution in [0.1, 0.15) is 16.8 Å². The molecule has 0 atom stereocenters. The van der Waals surface area contributed by atoms with Crippen molar-refractivity contribution in [2.75, 3.05) is 24.7 Å². The lowest BCUT2D eigenvalue weighted by molar-refractivity contribution is 0.0954. The molecule has 7 nitrogen and oxygen atoms in total. The molecular formula is C10H15N3O4S. The summed E-state index contributed by atoms with van der Waals surface area (Å²) in [7, 11) is 0. The molecule has 4 N–H and O–H groups in total. The molecule has 0 unspecified atom stereocenters. The molecule has 1 rings (SSSR count). The van der Waals surface area contributed by atoms with Gasteiger partial charge in [0.15, 0.2) is 0 Å². The fraction of sp³-hybridized carbons (Fsp3) is 0.500. The van der Waals surface area contributed by atoms with E-state index in [9.17, 15) is 14.4 Å². The second-order valence-electron chi connectivity index (χ2n) is 3.43. The first-order valence-electron chi connectivity index (χ1n) is 5.44. The molecule has 8 heteroatoms. The van der Waals surface area contributed by atoms with Crippen molar-refractivity contribution in [1.29, 1.82) is 0 Å². The number of nitrogens with one attached hydrogen (secondary N) is 3. The van der Waals surface area contributed by atoms with E-state index in [1.165, 1.54) is 0 Å². The van der Waals surface area contributed by atoms with Crippen molar-refractivity contribution < 1.29 is 9.90 Å². The number of aliphatic hydroxyl groups excluding tert-OH is 1. The summed E-state index contributed by atoms with van der Waals surface area (Å²) in [6.07, 6.45) is 1.81. The third-order valence-corrected chi connectivity index (χ3v) is 3.11. The summed E-state index contributed by atoms with van der Waals surface area (Å²) < 4.78 is 0. The highest BCUT2D eigenvalue weighted by Gasteiger charge is 2.09. The van der Waals surface area contributed by atoms with Crippen molar-refractivity contribution in [2.24, 2.45) is 0 Å². The molecule has 0 saturated carbocycles. The highest BCUT2D eigenvalue weighted by atomic mass is 32.2. The van der Waals surface area contributed by atoms with Crippen LogP contribution in [0.5, 0.6) is 0 Å². The van der Waals surface area contributed by atoms with Gasteiger partial charge in [-0.1, -0.05) is 0 Å². The number of thioether (sulfide) groups is 1. The predicted molar refractivity (Wildman–Crippen MR) is 69.0 cm³/mol. The maximum absolute atomic E-state index is 11.6. The Hall–Kier alpha value is -1.54. The van der Waals surface area contributed by atoms with E-state index in [0.29, 0.717) is 12.3 Å². The lowest BCUT2D eigenvalue weighted by atomic mass is 10.3. The van der Waals surface area contributed by atoms with Gasteiger partial charge >= 0.3 is 5.69 Å². The van der Waals surface area contributed by atoms with Crippen molar-refractivity contribution in [3.8, 4) is 0 Å². The van der Waals surface area contributed by atoms with Gasteiger partial charge in [0, 0.05) is 25.1 Å². The Labute approximate surface area is 107 Å². The van der Waals surface area contributed by atoms with Gasteiger partial charge in [0.1, 0.15) is 5.56 Å². The molecule has 0 aliphatic rings. The van der Waals surface area contributed by atoms with Crippen molar-refractivity contribution in [1.82, 2.24) is 15.3 Å². The zero-order valence-corrected chi connectivity index (χ0v) is 10.5. The first-order valence-corrected chi connectivity index (χ1v) is 6.59. The van der Waals surface area contributed by atoms with E-state index in [2.05, 4.69) is 10.3 Å². The average Bonchev–Trinajstić information content (AvgIpc) is 2.33. The van der Waals surface area contributed by atoms with Gasteiger partial charge in [0.2, 0.25) is 0 Å². The normalized spacial score (nSPS) is 10.3. The largest absolute Gasteiger partial charge is 0.396 e. The van der Waals surface area contributed by atoms with Crippen LogP contribution in [0.2, 0.25) is 0 Å². The molecule has 1 aromatic heterocycles. The Morgan fingerprint density at radius 2 is 2.17 bits per heavy atom. The third kappa shape index (κ3) is 4.76. The number of hydrogen-bond donors (Lipinski definition) is 4. The Morgan fingerprint density at radius 1 is 1.39 bits per heavy atom. The van der Waals surface area contributed by atoms with E-state index in [-0.39, 0.29) is 12.2 Å². The first kappa shape index (κ1) is 14.5. The highest BCUT2D eigenvalue weighted by molar-refractivity contribution is 7.99. The van der Waals surface area contributed by atoms with Gasteiger partial charge in [-0.15, -0.1) is 0 Å². The summed E-state index contributed by atoms with van der Waals surface area (Å²) in [5, 5.41) is 11.1. The SMILES string of the molecule is O=C(NCCSCCCO)c1c[nH]c(=O)[nH]c1=O. The molecular weight excluding hydrogens is 258 g/mol. The molecule has 0 radical (unpaired) electrons. The zero-order valence-electron chi connectivity index (χ0n) is 9.69. The molecule has 0 aliphatic carbocycles. The molecule has 100 valence electrons. The molecule has 1 heterocycles. The standard InChI is InChI=1S/C10H15N3O4S/c14-3-1-4-18-5-2-11-8(15)7-6-12-10(17)13-9(7)16/h6,14H,1-5H2,(H,11,15)(H2,12,13,16,17). The van der Waals surface area contributed by atoms with Gasteiger partial charge in [-0.05, 0) is 12.2 Å². The molecule has 0 fully saturated rings. The van der Waals surface area contributed by atoms with Crippen LogP contribution in [-0.2, 0) is 0 Å². The van der Waals surface area contributed by atoms with Gasteiger partial charge in [-0.25, -0.2) is 4.79 Å². The lowest BCUT2D eigenvalue weighted by Crippen LogP contribution is -2.34. The first-order chi connectivity index (χ1) is 8.65. The highest BCUT2D eigenvalue weighted by Crippen LogP contribution is 2.00. The number of hydrogen-bond acceptors (Lipinski definition) is 5. The molecule has 1 amide bonds. The van der Waals surface area contributed by atoms with Gasteiger partial charge in [0.25, 0.3) is 11.5 Å². The fourth-order valence-electron chi connectivity index (χ4n) is 1.18. The van der Waals surface area contributed by atoms with Crippen molar-refractivity contribution in [2.45, 2.75) is 6.42 Å². The molecule has 18 heavy (non-hydrogen) atoms. The van der Waals surface area contributed by atoms with Crippen LogP contribution < -0.4 is 16.6 Å². The van der Waals surface area contributed by atoms with Crippen LogP contribution in [-0.4, -0.2) is 45.6 Å². The minimum atomic E-state index is -0.704. The van der Waals surface area contributed by atoms with Crippen molar-refractivity contribution in [3.63, 3.8) is 0 Å². The molecule has 1 aromatic rings. The Bertz CT molecular complexity index is 496. The summed E-state index contributed by atoms with van der Waals surface area (Å²) in [6, 6.07) is 0. The number of aliphatic hydroxyl groups is 1. The third-order valence-electron chi connectivity index (χ3n) is 2.04. The minimum absolute atomic E-state index is 0.116. The number of aromatic nitrogens is 2. The quantitative estimate of drug-likeness (QED) is 0.471. The number of aromatic amines is 2. The van der Waals surface area contributed by atoms with Crippen LogP contribution in [0.25, 0.3) is 0 Å². The van der Waals surface area contributed by atoms with Crippen LogP contribution in [0.15, 0.2) is 15.8 Å². The summed E-state index contributed by atoms with van der Waals surface area (Å²) in [5.41, 5.74) is -1.46. The van der Waals surface area contributed by atoms with Crippen molar-refractivity contribution >= 4 is 17.7 Å². The second-order valence-corrected chi connectivity index (χ2v) is 4.66. The van der Waals surface area contributed by atoms with Crippen molar-refractivity contribution in [3.05, 3.63) is 32.6 Å². The Balaban J connectivity index is 2.37. The van der Waals surface area contributed by atoms with Crippen LogP contribution in [0, 0.1) is 0 Å². The second kappa shape index (κ2) is 7.72. The molecule has 0 spiro atoms. The zero-order chi connectivity index (χ0) is 13.4. The molecule has 0 bridgehead atoms. The van der Waals surface area contributed by atoms with E-state index in [1.54, 1.807) is 11.8 Å². The van der Waals surface area contributed by atoms with Crippen LogP contribution in [0.3, 0.4) is 0 Å². The Kier molecular flexibility index (Phi) is 6.23. The van der Waals surface area contributed by atoms with E-state index >= 15 is 0 Å². The summed E-state index contributed by atoms with van der Waals surface area (Å²) in [6.45, 7) is 0.583. The number of carbonyl (C=O) groups is 1. The minimum Gasteiger partial charge on any atom is -0.396 e. The van der Waals surface area contributed by atoms with Gasteiger partial charge < -0.3 is 15.4 Å². The van der Waals surface area contributed by atoms with E-state index in [1.807, 2.05) is 4.98 Å². The molecule has 0 aromatic carbocycles. The monoisotopic (exact) mass is 273 g/mol. The van der Waals surface area contributed by atoms with Crippen LogP contribution in [0.4, 0.5) is 0 Å². The van der Waals surface area contributed by atoms with Gasteiger partial charge in [0.05, 0.1) is 0 Å². The number of H-pyrrole nitrogens is 2. The van der Waals surface area contributed by atoms with E-state index in [4.69, 9.17) is 5.11 Å². The lowest BCUT2D eigenvalue weighted by Gasteiger charge is -2.03. The average molecular weight is 273 g/mol. The number of carbonyl (C=O) groups excluding carboxylic acids is 1. The van der Waals surface area contributed by atoms with E-state index in [0.717, 1.165) is 18.4 Å². The summed E-state index contributed by atoms with van der Waals surface area (Å²) >= 11 is 1.60. The number of amides is 1. The van der Waals surface area contributed by atoms with Gasteiger partial charge in [-0.2, -0.15) is 11.8 Å². The van der Waals surface area contributed by atoms with Crippen LogP contribution >= 0.6 is 11.8 Å².